The van der Waals surface area contributed by atoms with E-state index in [1.165, 1.54) is 36.0 Å². The van der Waals surface area contributed by atoms with Gasteiger partial charge in [0.15, 0.2) is 0 Å². The number of hydrogen-bond donors (Lipinski definition) is 1. The molecule has 0 saturated carbocycles. The fourth-order valence-electron chi connectivity index (χ4n) is 1.81. The van der Waals surface area contributed by atoms with Crippen LogP contribution in [-0.4, -0.2) is 34.9 Å². The van der Waals surface area contributed by atoms with Gasteiger partial charge in [-0.1, -0.05) is 34.0 Å². The van der Waals surface area contributed by atoms with Crippen molar-refractivity contribution in [2.45, 2.75) is 19.1 Å². The number of halogens is 4. The molecule has 1 amide bonds. The maximum Gasteiger partial charge on any atom is 0.471 e. The van der Waals surface area contributed by atoms with Crippen molar-refractivity contribution in [3.05, 3.63) is 47.3 Å². The Balaban J connectivity index is 1.96. The summed E-state index contributed by atoms with van der Waals surface area (Å²) in [6, 6.07) is 5.28. The van der Waals surface area contributed by atoms with Crippen molar-refractivity contribution in [3.63, 3.8) is 0 Å². The second-order valence-electron chi connectivity index (χ2n) is 5.17. The normalized spacial score (nSPS) is 13.2. The molecular formula is C16H14ClF3N4O3. The van der Waals surface area contributed by atoms with Gasteiger partial charge in [-0.2, -0.15) is 18.2 Å². The Morgan fingerprint density at radius 3 is 2.70 bits per heavy atom. The average Bonchev–Trinajstić information content (AvgIpc) is 3.12. The molecule has 2 aromatic rings. The van der Waals surface area contributed by atoms with Crippen LogP contribution < -0.4 is 5.32 Å². The first-order valence-corrected chi connectivity index (χ1v) is 7.97. The maximum atomic E-state index is 12.5. The minimum Gasteiger partial charge on any atom is -0.392 e. The van der Waals surface area contributed by atoms with Crippen LogP contribution in [0.4, 0.5) is 13.2 Å². The van der Waals surface area contributed by atoms with Crippen molar-refractivity contribution < 1.29 is 27.3 Å². The molecule has 0 spiro atoms. The van der Waals surface area contributed by atoms with Crippen molar-refractivity contribution >= 4 is 23.7 Å². The van der Waals surface area contributed by atoms with E-state index in [1.54, 1.807) is 13.0 Å². The number of aromatic nitrogens is 2. The summed E-state index contributed by atoms with van der Waals surface area (Å²) in [5, 5.41) is 9.60. The fourth-order valence-corrected chi connectivity index (χ4v) is 1.88. The standard InChI is InChI=1S/C16H14ClF3N4O3/c1-10(9-21-26-8-2-7-17)22-14(25)12-5-3-11(4-6-12)13-23-15(27-24-13)16(18,19)20/h2-7,9-10H,8H2,1H3,(H,22,25)/b7-2+,21-9-. The van der Waals surface area contributed by atoms with E-state index in [-0.39, 0.29) is 18.0 Å². The second-order valence-corrected chi connectivity index (χ2v) is 5.42. The molecule has 0 aliphatic heterocycles. The Morgan fingerprint density at radius 2 is 2.11 bits per heavy atom. The van der Waals surface area contributed by atoms with Gasteiger partial charge in [-0.15, -0.1) is 0 Å². The summed E-state index contributed by atoms with van der Waals surface area (Å²) in [5.41, 5.74) is 1.87. The number of nitrogens with zero attached hydrogens (tertiary/aromatic N) is 3. The lowest BCUT2D eigenvalue weighted by Crippen LogP contribution is -2.33. The fraction of sp³-hybridized carbons (Fsp3) is 0.250. The molecule has 1 N–H and O–H groups in total. The summed E-state index contributed by atoms with van der Waals surface area (Å²) in [5.74, 6) is -2.06. The van der Waals surface area contributed by atoms with Crippen molar-refractivity contribution in [2.75, 3.05) is 6.61 Å². The Hall–Kier alpha value is -2.88. The van der Waals surface area contributed by atoms with E-state index in [0.717, 1.165) is 0 Å². The molecular weight excluding hydrogens is 389 g/mol. The van der Waals surface area contributed by atoms with Gasteiger partial charge in [-0.3, -0.25) is 4.79 Å². The zero-order valence-electron chi connectivity index (χ0n) is 13.9. The third kappa shape index (κ3) is 6.10. The molecule has 0 aliphatic carbocycles. The first-order chi connectivity index (χ1) is 12.8. The molecule has 11 heteroatoms. The number of carbonyl (C=O) groups excluding carboxylic acids is 1. The number of hydrogen-bond acceptors (Lipinski definition) is 6. The summed E-state index contributed by atoms with van der Waals surface area (Å²) >= 11 is 5.32. The number of rotatable bonds is 7. The largest absolute Gasteiger partial charge is 0.471 e. The Labute approximate surface area is 156 Å². The quantitative estimate of drug-likeness (QED) is 0.434. The van der Waals surface area contributed by atoms with E-state index in [1.807, 2.05) is 0 Å². The molecule has 1 atom stereocenters. The first-order valence-electron chi connectivity index (χ1n) is 7.54. The molecule has 1 aromatic heterocycles. The van der Waals surface area contributed by atoms with Gasteiger partial charge < -0.3 is 14.7 Å². The minimum atomic E-state index is -4.72. The summed E-state index contributed by atoms with van der Waals surface area (Å²) in [7, 11) is 0. The Kier molecular flexibility index (Phi) is 6.94. The van der Waals surface area contributed by atoms with E-state index in [2.05, 4.69) is 25.1 Å². The molecule has 0 fully saturated rings. The predicted octanol–water partition coefficient (Wildman–Crippen LogP) is 3.63. The van der Waals surface area contributed by atoms with E-state index in [9.17, 15) is 18.0 Å². The highest BCUT2D eigenvalue weighted by molar-refractivity contribution is 6.25. The molecule has 7 nitrogen and oxygen atoms in total. The van der Waals surface area contributed by atoms with Gasteiger partial charge in [0.2, 0.25) is 5.82 Å². The van der Waals surface area contributed by atoms with E-state index >= 15 is 0 Å². The van der Waals surface area contributed by atoms with Gasteiger partial charge in [0.05, 0.1) is 12.3 Å². The van der Waals surface area contributed by atoms with Crippen LogP contribution in [0.1, 0.15) is 23.2 Å². The van der Waals surface area contributed by atoms with E-state index in [0.29, 0.717) is 5.56 Å². The van der Waals surface area contributed by atoms with Crippen LogP contribution in [0.15, 0.2) is 45.6 Å². The lowest BCUT2D eigenvalue weighted by molar-refractivity contribution is -0.159. The third-order valence-electron chi connectivity index (χ3n) is 3.05. The molecule has 144 valence electrons. The molecule has 2 rings (SSSR count). The molecule has 0 aliphatic rings. The summed E-state index contributed by atoms with van der Waals surface area (Å²) in [6.45, 7) is 1.89. The van der Waals surface area contributed by atoms with Crippen molar-refractivity contribution in [1.29, 1.82) is 0 Å². The van der Waals surface area contributed by atoms with E-state index < -0.39 is 24.0 Å². The molecule has 1 aromatic carbocycles. The van der Waals surface area contributed by atoms with Crippen LogP contribution in [0.5, 0.6) is 0 Å². The third-order valence-corrected chi connectivity index (χ3v) is 3.23. The van der Waals surface area contributed by atoms with Crippen LogP contribution in [0, 0.1) is 0 Å². The number of benzene rings is 1. The highest BCUT2D eigenvalue weighted by Crippen LogP contribution is 2.29. The number of amides is 1. The van der Waals surface area contributed by atoms with Gasteiger partial charge in [0.25, 0.3) is 5.91 Å². The zero-order chi connectivity index (χ0) is 19.9. The van der Waals surface area contributed by atoms with Crippen LogP contribution in [-0.2, 0) is 11.0 Å². The van der Waals surface area contributed by atoms with Crippen LogP contribution in [0.3, 0.4) is 0 Å². The lowest BCUT2D eigenvalue weighted by atomic mass is 10.1. The molecule has 1 unspecified atom stereocenters. The number of alkyl halides is 3. The molecule has 0 radical (unpaired) electrons. The number of carbonyl (C=O) groups is 1. The summed E-state index contributed by atoms with van der Waals surface area (Å²) in [6.07, 6.45) is -1.77. The highest BCUT2D eigenvalue weighted by atomic mass is 35.5. The van der Waals surface area contributed by atoms with Gasteiger partial charge >= 0.3 is 12.1 Å². The number of nitrogens with one attached hydrogen (secondary N) is 1. The average molecular weight is 403 g/mol. The second kappa shape index (κ2) is 9.17. The van der Waals surface area contributed by atoms with E-state index in [4.69, 9.17) is 16.4 Å². The van der Waals surface area contributed by atoms with Crippen LogP contribution >= 0.6 is 11.6 Å². The van der Waals surface area contributed by atoms with Gasteiger partial charge in [-0.25, -0.2) is 0 Å². The summed E-state index contributed by atoms with van der Waals surface area (Å²) < 4.78 is 41.6. The topological polar surface area (TPSA) is 89.6 Å². The van der Waals surface area contributed by atoms with Crippen molar-refractivity contribution in [1.82, 2.24) is 15.5 Å². The molecule has 0 saturated heterocycles. The Bertz CT molecular complexity index is 819. The molecule has 0 bridgehead atoms. The highest BCUT2D eigenvalue weighted by Gasteiger charge is 2.38. The molecule has 1 heterocycles. The Morgan fingerprint density at radius 1 is 1.41 bits per heavy atom. The predicted molar refractivity (Wildman–Crippen MR) is 91.1 cm³/mol. The van der Waals surface area contributed by atoms with Crippen LogP contribution in [0.25, 0.3) is 11.4 Å². The van der Waals surface area contributed by atoms with Gasteiger partial charge in [0, 0.05) is 16.7 Å². The van der Waals surface area contributed by atoms with Crippen molar-refractivity contribution in [3.8, 4) is 11.4 Å². The minimum absolute atomic E-state index is 0.203. The monoisotopic (exact) mass is 402 g/mol. The lowest BCUT2D eigenvalue weighted by Gasteiger charge is -2.09. The SMILES string of the molecule is CC(/C=N\OC/C=C/Cl)NC(=O)c1ccc(-c2noc(C(F)(F)F)n2)cc1. The first kappa shape index (κ1) is 20.4. The zero-order valence-corrected chi connectivity index (χ0v) is 14.7. The van der Waals surface area contributed by atoms with Crippen LogP contribution in [0.2, 0.25) is 0 Å². The smallest absolute Gasteiger partial charge is 0.392 e. The van der Waals surface area contributed by atoms with Gasteiger partial charge in [-0.05, 0) is 25.1 Å². The van der Waals surface area contributed by atoms with Crippen molar-refractivity contribution in [2.24, 2.45) is 5.16 Å². The number of oxime groups is 1. The molecule has 27 heavy (non-hydrogen) atoms. The summed E-state index contributed by atoms with van der Waals surface area (Å²) in [4.78, 5) is 20.3. The maximum absolute atomic E-state index is 12.5. The van der Waals surface area contributed by atoms with Gasteiger partial charge in [0.1, 0.15) is 6.61 Å².